The van der Waals surface area contributed by atoms with Gasteiger partial charge in [0.25, 0.3) is 0 Å². The zero-order chi connectivity index (χ0) is 18.9. The molecule has 3 heterocycles. The van der Waals surface area contributed by atoms with E-state index in [4.69, 9.17) is 5.10 Å². The number of rotatable bonds is 4. The van der Waals surface area contributed by atoms with Gasteiger partial charge in [-0.1, -0.05) is 18.2 Å². The topological polar surface area (TPSA) is 66.6 Å². The molecule has 1 fully saturated rings. The predicted molar refractivity (Wildman–Crippen MR) is 114 cm³/mol. The van der Waals surface area contributed by atoms with Gasteiger partial charge in [0, 0.05) is 41.7 Å². The first-order valence-corrected chi connectivity index (χ1v) is 10.2. The van der Waals surface area contributed by atoms with E-state index in [1.54, 1.807) is 0 Å². The Morgan fingerprint density at radius 1 is 1.11 bits per heavy atom. The summed E-state index contributed by atoms with van der Waals surface area (Å²) in [5.74, 6) is 1.11. The van der Waals surface area contributed by atoms with Gasteiger partial charge in [0.1, 0.15) is 0 Å². The van der Waals surface area contributed by atoms with Crippen molar-refractivity contribution in [2.24, 2.45) is 10.9 Å². The average molecular weight is 374 g/mol. The summed E-state index contributed by atoms with van der Waals surface area (Å²) in [6.45, 7) is 0. The molecule has 1 saturated carbocycles. The van der Waals surface area contributed by atoms with Gasteiger partial charge in [-0.3, -0.25) is 4.99 Å². The lowest BCUT2D eigenvalue weighted by atomic mass is 9.91. The molecule has 2 N–H and O–H groups in total. The molecule has 6 nitrogen and oxygen atoms in total. The molecule has 2 aromatic rings. The van der Waals surface area contributed by atoms with Crippen LogP contribution in [0, 0.1) is 5.92 Å². The molecular formula is C22H26N6. The fraction of sp³-hybridized carbons (Fsp3) is 0.409. The smallest absolute Gasteiger partial charge is 0.241 e. The van der Waals surface area contributed by atoms with Crippen molar-refractivity contribution in [2.75, 3.05) is 12.4 Å². The zero-order valence-corrected chi connectivity index (χ0v) is 16.2. The number of nitrogens with one attached hydrogen (secondary N) is 2. The Hall–Kier alpha value is -2.73. The second kappa shape index (κ2) is 7.36. The van der Waals surface area contributed by atoms with E-state index >= 15 is 0 Å². The summed E-state index contributed by atoms with van der Waals surface area (Å²) in [5.41, 5.74) is 4.54. The number of fused-ring (bicyclic) bond motifs is 3. The summed E-state index contributed by atoms with van der Waals surface area (Å²) < 4.78 is 1.93. The molecule has 2 bridgehead atoms. The van der Waals surface area contributed by atoms with Crippen molar-refractivity contribution in [1.82, 2.24) is 19.9 Å². The quantitative estimate of drug-likeness (QED) is 0.858. The summed E-state index contributed by atoms with van der Waals surface area (Å²) in [7, 11) is 2.05. The van der Waals surface area contributed by atoms with Crippen LogP contribution in [0.25, 0.3) is 11.1 Å². The van der Waals surface area contributed by atoms with Crippen molar-refractivity contribution in [1.29, 1.82) is 0 Å². The Labute approximate surface area is 165 Å². The summed E-state index contributed by atoms with van der Waals surface area (Å²) in [6, 6.07) is 3.23. The van der Waals surface area contributed by atoms with Crippen LogP contribution in [0.1, 0.15) is 37.7 Å². The molecule has 2 aromatic heterocycles. The normalized spacial score (nSPS) is 26.7. The summed E-state index contributed by atoms with van der Waals surface area (Å²) >= 11 is 0. The molecule has 28 heavy (non-hydrogen) atoms. The molecule has 3 aliphatic rings. The summed E-state index contributed by atoms with van der Waals surface area (Å²) in [4.78, 5) is 9.05. The number of hydrogen-bond acceptors (Lipinski definition) is 5. The van der Waals surface area contributed by atoms with Crippen LogP contribution in [0.3, 0.4) is 0 Å². The summed E-state index contributed by atoms with van der Waals surface area (Å²) in [5, 5.41) is 11.6. The monoisotopic (exact) mass is 374 g/mol. The number of allylic oxidation sites excluding steroid dienone is 5. The van der Waals surface area contributed by atoms with Crippen LogP contribution in [0.5, 0.6) is 0 Å². The van der Waals surface area contributed by atoms with Crippen LogP contribution in [0.15, 0.2) is 54.0 Å². The molecule has 1 aliphatic heterocycles. The van der Waals surface area contributed by atoms with Gasteiger partial charge in [0.2, 0.25) is 5.95 Å². The third-order valence-electron chi connectivity index (χ3n) is 6.06. The highest BCUT2D eigenvalue weighted by Gasteiger charge is 2.21. The Balaban J connectivity index is 1.37. The minimum Gasteiger partial charge on any atom is -0.350 e. The van der Waals surface area contributed by atoms with E-state index < -0.39 is 0 Å². The highest BCUT2D eigenvalue weighted by molar-refractivity contribution is 6.00. The molecule has 0 saturated heterocycles. The number of anilines is 1. The second-order valence-corrected chi connectivity index (χ2v) is 7.91. The molecule has 6 heteroatoms. The van der Waals surface area contributed by atoms with E-state index in [1.165, 1.54) is 24.0 Å². The maximum Gasteiger partial charge on any atom is 0.241 e. The predicted octanol–water partition coefficient (Wildman–Crippen LogP) is 3.60. The van der Waals surface area contributed by atoms with E-state index in [9.17, 15) is 0 Å². The van der Waals surface area contributed by atoms with Crippen molar-refractivity contribution in [2.45, 2.75) is 44.2 Å². The van der Waals surface area contributed by atoms with Crippen LogP contribution in [-0.2, 0) is 0 Å². The maximum absolute atomic E-state index is 4.70. The minimum absolute atomic E-state index is 0.405. The zero-order valence-electron chi connectivity index (χ0n) is 16.2. The molecule has 144 valence electrons. The molecule has 2 aliphatic carbocycles. The SMILES string of the molecule is CNC1CCC(Nc2ncc3c(C4=CC5C=CN=C(C=C4)C5)ccn3n2)CC1. The maximum atomic E-state index is 4.70. The van der Waals surface area contributed by atoms with E-state index in [-0.39, 0.29) is 0 Å². The highest BCUT2D eigenvalue weighted by Crippen LogP contribution is 2.29. The van der Waals surface area contributed by atoms with Crippen LogP contribution in [-0.4, -0.2) is 39.4 Å². The number of hydrogen-bond donors (Lipinski definition) is 2. The Bertz CT molecular complexity index is 988. The first-order valence-electron chi connectivity index (χ1n) is 10.2. The van der Waals surface area contributed by atoms with E-state index in [0.29, 0.717) is 23.9 Å². The molecule has 5 rings (SSSR count). The van der Waals surface area contributed by atoms with E-state index in [2.05, 4.69) is 58.0 Å². The van der Waals surface area contributed by atoms with Crippen LogP contribution in [0.2, 0.25) is 0 Å². The van der Waals surface area contributed by atoms with Crippen molar-refractivity contribution in [3.8, 4) is 0 Å². The third kappa shape index (κ3) is 3.40. The largest absolute Gasteiger partial charge is 0.350 e. The lowest BCUT2D eigenvalue weighted by Crippen LogP contribution is -2.35. The average Bonchev–Trinajstić information content (AvgIpc) is 3.09. The van der Waals surface area contributed by atoms with Gasteiger partial charge in [0.05, 0.1) is 11.7 Å². The lowest BCUT2D eigenvalue weighted by Gasteiger charge is -2.28. The van der Waals surface area contributed by atoms with Crippen LogP contribution < -0.4 is 10.6 Å². The third-order valence-corrected chi connectivity index (χ3v) is 6.06. The molecule has 0 radical (unpaired) electrons. The fourth-order valence-corrected chi connectivity index (χ4v) is 4.41. The molecule has 0 spiro atoms. The van der Waals surface area contributed by atoms with E-state index in [0.717, 1.165) is 30.5 Å². The van der Waals surface area contributed by atoms with Gasteiger partial charge in [-0.15, -0.1) is 5.10 Å². The Morgan fingerprint density at radius 3 is 2.82 bits per heavy atom. The summed E-state index contributed by atoms with van der Waals surface area (Å²) in [6.07, 6.45) is 20.3. The molecule has 0 amide bonds. The van der Waals surface area contributed by atoms with Gasteiger partial charge >= 0.3 is 0 Å². The molecule has 0 aromatic carbocycles. The van der Waals surface area contributed by atoms with Crippen LogP contribution >= 0.6 is 0 Å². The van der Waals surface area contributed by atoms with Gasteiger partial charge in [-0.2, -0.15) is 0 Å². The van der Waals surface area contributed by atoms with Crippen molar-refractivity contribution < 1.29 is 0 Å². The minimum atomic E-state index is 0.405. The van der Waals surface area contributed by atoms with Crippen molar-refractivity contribution in [3.63, 3.8) is 0 Å². The van der Waals surface area contributed by atoms with Gasteiger partial charge in [-0.25, -0.2) is 9.50 Å². The van der Waals surface area contributed by atoms with Crippen LogP contribution in [0.4, 0.5) is 5.95 Å². The lowest BCUT2D eigenvalue weighted by molar-refractivity contribution is 0.370. The highest BCUT2D eigenvalue weighted by atomic mass is 15.3. The van der Waals surface area contributed by atoms with Gasteiger partial charge in [0.15, 0.2) is 0 Å². The molecule has 1 atom stereocenters. The van der Waals surface area contributed by atoms with Gasteiger partial charge < -0.3 is 10.6 Å². The standard InChI is InChI=1S/C22H26N6/c1-23-17-4-6-18(7-5-17)26-22-25-14-21-20(9-11-28(21)27-22)16-2-3-19-13-15(12-16)8-10-24-19/h2-3,8-12,14-15,17-18,23H,4-7,13H2,1H3,(H,26,27). The molecule has 1 unspecified atom stereocenters. The van der Waals surface area contributed by atoms with E-state index in [1.807, 2.05) is 23.1 Å². The van der Waals surface area contributed by atoms with Crippen molar-refractivity contribution >= 4 is 22.7 Å². The first kappa shape index (κ1) is 17.4. The Kier molecular flexibility index (Phi) is 4.56. The number of aliphatic imine (C=N–C) groups is 1. The van der Waals surface area contributed by atoms with Crippen molar-refractivity contribution in [3.05, 3.63) is 54.5 Å². The second-order valence-electron chi connectivity index (χ2n) is 7.91. The molecular weight excluding hydrogens is 348 g/mol. The fourth-order valence-electron chi connectivity index (χ4n) is 4.41. The number of nitrogens with zero attached hydrogens (tertiary/aromatic N) is 4. The number of aromatic nitrogens is 3. The Morgan fingerprint density at radius 2 is 1.96 bits per heavy atom. The van der Waals surface area contributed by atoms with Gasteiger partial charge in [-0.05, 0) is 56.9 Å². The first-order chi connectivity index (χ1) is 13.8.